The van der Waals surface area contributed by atoms with Gasteiger partial charge >= 0.3 is 0 Å². The highest BCUT2D eigenvalue weighted by Crippen LogP contribution is 2.43. The van der Waals surface area contributed by atoms with Crippen LogP contribution in [0.4, 0.5) is 5.69 Å². The number of Topliss-reactive ketones (excluding diaryl/α,β-unsaturated/α-hetero) is 1. The number of hydrogen-bond donors (Lipinski definition) is 1. The van der Waals surface area contributed by atoms with Crippen LogP contribution >= 0.6 is 0 Å². The summed E-state index contributed by atoms with van der Waals surface area (Å²) in [7, 11) is 0. The van der Waals surface area contributed by atoms with Crippen molar-refractivity contribution in [3.63, 3.8) is 0 Å². The lowest BCUT2D eigenvalue weighted by atomic mass is 9.95. The number of nitrogens with zero attached hydrogens (tertiary/aromatic N) is 1. The van der Waals surface area contributed by atoms with Crippen molar-refractivity contribution in [3.8, 4) is 23.0 Å². The molecule has 1 atom stereocenters. The number of anilines is 1. The van der Waals surface area contributed by atoms with Crippen LogP contribution in [-0.2, 0) is 9.59 Å². The van der Waals surface area contributed by atoms with Crippen LogP contribution in [0.5, 0.6) is 23.0 Å². The number of rotatable bonds is 7. The monoisotopic (exact) mass is 515 g/mol. The molecule has 1 saturated heterocycles. The summed E-state index contributed by atoms with van der Waals surface area (Å²) in [6, 6.07) is 18.2. The molecule has 5 rings (SSSR count). The van der Waals surface area contributed by atoms with Crippen molar-refractivity contribution in [1.82, 2.24) is 0 Å². The van der Waals surface area contributed by atoms with Crippen LogP contribution < -0.4 is 23.8 Å². The Morgan fingerprint density at radius 3 is 2.26 bits per heavy atom. The van der Waals surface area contributed by atoms with Crippen molar-refractivity contribution in [1.29, 1.82) is 0 Å². The molecule has 0 saturated carbocycles. The Morgan fingerprint density at radius 2 is 1.61 bits per heavy atom. The number of aliphatic hydroxyl groups is 1. The Morgan fingerprint density at radius 1 is 0.947 bits per heavy atom. The minimum atomic E-state index is -0.866. The quantitative estimate of drug-likeness (QED) is 0.260. The molecule has 1 fully saturated rings. The zero-order valence-corrected chi connectivity index (χ0v) is 21.5. The van der Waals surface area contributed by atoms with E-state index >= 15 is 0 Å². The molecule has 0 aliphatic carbocycles. The third-order valence-corrected chi connectivity index (χ3v) is 6.25. The van der Waals surface area contributed by atoms with E-state index in [1.54, 1.807) is 66.7 Å². The second-order valence-electron chi connectivity index (χ2n) is 9.19. The molecule has 3 aromatic carbocycles. The highest BCUT2D eigenvalue weighted by Gasteiger charge is 2.47. The summed E-state index contributed by atoms with van der Waals surface area (Å²) in [5.74, 6) is 0.526. The van der Waals surface area contributed by atoms with Crippen LogP contribution in [0, 0.1) is 0 Å². The summed E-state index contributed by atoms with van der Waals surface area (Å²) in [5, 5.41) is 11.4. The van der Waals surface area contributed by atoms with E-state index in [9.17, 15) is 14.7 Å². The Hall–Kier alpha value is -4.46. The SMILES string of the molecule is CCOc1ccc(N2C(=O)C(=O)/C(=C(\O)c3ccc4c(c3)OCCO4)C2c2ccc(OC(C)C)cc2)cc1. The number of hydrogen-bond acceptors (Lipinski definition) is 7. The molecule has 8 heteroatoms. The first kappa shape index (κ1) is 25.2. The summed E-state index contributed by atoms with van der Waals surface area (Å²) < 4.78 is 22.5. The maximum absolute atomic E-state index is 13.4. The average Bonchev–Trinajstić information content (AvgIpc) is 3.19. The van der Waals surface area contributed by atoms with Gasteiger partial charge in [-0.3, -0.25) is 14.5 Å². The predicted octanol–water partition coefficient (Wildman–Crippen LogP) is 5.27. The summed E-state index contributed by atoms with van der Waals surface area (Å²) >= 11 is 0. The van der Waals surface area contributed by atoms with E-state index in [4.69, 9.17) is 18.9 Å². The second kappa shape index (κ2) is 10.5. The first-order valence-corrected chi connectivity index (χ1v) is 12.6. The van der Waals surface area contributed by atoms with Gasteiger partial charge in [-0.1, -0.05) is 12.1 Å². The molecule has 0 spiro atoms. The van der Waals surface area contributed by atoms with Gasteiger partial charge < -0.3 is 24.1 Å². The van der Waals surface area contributed by atoms with Crippen LogP contribution in [0.1, 0.15) is 37.9 Å². The van der Waals surface area contributed by atoms with Crippen LogP contribution in [0.25, 0.3) is 5.76 Å². The van der Waals surface area contributed by atoms with Gasteiger partial charge in [-0.15, -0.1) is 0 Å². The van der Waals surface area contributed by atoms with E-state index in [1.807, 2.05) is 20.8 Å². The van der Waals surface area contributed by atoms with Crippen molar-refractivity contribution in [2.45, 2.75) is 32.9 Å². The molecular formula is C30H29NO7. The maximum atomic E-state index is 13.4. The van der Waals surface area contributed by atoms with Crippen molar-refractivity contribution >= 4 is 23.1 Å². The lowest BCUT2D eigenvalue weighted by molar-refractivity contribution is -0.132. The number of carbonyl (C=O) groups excluding carboxylic acids is 2. The molecule has 1 unspecified atom stereocenters. The third-order valence-electron chi connectivity index (χ3n) is 6.25. The number of carbonyl (C=O) groups is 2. The summed E-state index contributed by atoms with van der Waals surface area (Å²) in [6.07, 6.45) is -0.00875. The Labute approximate surface area is 221 Å². The zero-order valence-electron chi connectivity index (χ0n) is 21.5. The minimum Gasteiger partial charge on any atom is -0.507 e. The van der Waals surface area contributed by atoms with Crippen LogP contribution in [0.3, 0.4) is 0 Å². The molecule has 0 aromatic heterocycles. The molecule has 2 aliphatic heterocycles. The molecule has 2 aliphatic rings. The van der Waals surface area contributed by atoms with Crippen LogP contribution in [0.2, 0.25) is 0 Å². The van der Waals surface area contributed by atoms with E-state index in [0.717, 1.165) is 0 Å². The van der Waals surface area contributed by atoms with E-state index in [-0.39, 0.29) is 17.4 Å². The Balaban J connectivity index is 1.62. The second-order valence-corrected chi connectivity index (χ2v) is 9.19. The molecule has 1 amide bonds. The Bertz CT molecular complexity index is 1380. The third kappa shape index (κ3) is 4.77. The van der Waals surface area contributed by atoms with Gasteiger partial charge in [0.25, 0.3) is 11.7 Å². The first-order chi connectivity index (χ1) is 18.4. The fraction of sp³-hybridized carbons (Fsp3) is 0.267. The standard InChI is InChI=1S/C30H29NO7/c1-4-35-22-12-8-21(9-13-22)31-27(19-5-10-23(11-6-19)38-18(2)3)26(29(33)30(31)34)28(32)20-7-14-24-25(17-20)37-16-15-36-24/h5-14,17-18,27,32H,4,15-16H2,1-3H3/b28-26-. The highest BCUT2D eigenvalue weighted by atomic mass is 16.6. The van der Waals surface area contributed by atoms with Gasteiger partial charge in [-0.2, -0.15) is 0 Å². The van der Waals surface area contributed by atoms with E-state index < -0.39 is 17.7 Å². The Kier molecular flexibility index (Phi) is 6.96. The normalized spacial score (nSPS) is 18.1. The van der Waals surface area contributed by atoms with Crippen molar-refractivity contribution in [2.75, 3.05) is 24.7 Å². The number of ether oxygens (including phenoxy) is 4. The number of fused-ring (bicyclic) bond motifs is 1. The zero-order chi connectivity index (χ0) is 26.8. The molecule has 38 heavy (non-hydrogen) atoms. The first-order valence-electron chi connectivity index (χ1n) is 12.6. The molecule has 0 bridgehead atoms. The fourth-order valence-electron chi connectivity index (χ4n) is 4.63. The van der Waals surface area contributed by atoms with Crippen molar-refractivity contribution in [3.05, 3.63) is 83.4 Å². The molecular weight excluding hydrogens is 486 g/mol. The van der Waals surface area contributed by atoms with Crippen molar-refractivity contribution in [2.24, 2.45) is 0 Å². The summed E-state index contributed by atoms with van der Waals surface area (Å²) in [5.41, 5.74) is 1.49. The molecule has 0 radical (unpaired) electrons. The van der Waals surface area contributed by atoms with Gasteiger partial charge in [-0.25, -0.2) is 0 Å². The molecule has 8 nitrogen and oxygen atoms in total. The number of aliphatic hydroxyl groups excluding tert-OH is 1. The van der Waals surface area contributed by atoms with Crippen molar-refractivity contribution < 1.29 is 33.6 Å². The smallest absolute Gasteiger partial charge is 0.300 e. The molecule has 1 N–H and O–H groups in total. The minimum absolute atomic E-state index is 0.00875. The maximum Gasteiger partial charge on any atom is 0.300 e. The van der Waals surface area contributed by atoms with Gasteiger partial charge in [0.2, 0.25) is 0 Å². The largest absolute Gasteiger partial charge is 0.507 e. The lowest BCUT2D eigenvalue weighted by Crippen LogP contribution is -2.29. The number of benzene rings is 3. The van der Waals surface area contributed by atoms with Gasteiger partial charge in [0.15, 0.2) is 11.5 Å². The summed E-state index contributed by atoms with van der Waals surface area (Å²) in [4.78, 5) is 28.3. The molecule has 3 aromatic rings. The van der Waals surface area contributed by atoms with Gasteiger partial charge in [-0.05, 0) is 80.9 Å². The predicted molar refractivity (Wildman–Crippen MR) is 142 cm³/mol. The van der Waals surface area contributed by atoms with Gasteiger partial charge in [0.05, 0.1) is 24.3 Å². The van der Waals surface area contributed by atoms with E-state index in [0.29, 0.717) is 59.6 Å². The van der Waals surface area contributed by atoms with Gasteiger partial charge in [0.1, 0.15) is 30.5 Å². The topological polar surface area (TPSA) is 94.5 Å². The van der Waals surface area contributed by atoms with Gasteiger partial charge in [0, 0.05) is 11.3 Å². The highest BCUT2D eigenvalue weighted by molar-refractivity contribution is 6.51. The molecule has 196 valence electrons. The van der Waals surface area contributed by atoms with Crippen LogP contribution in [-0.4, -0.2) is 42.7 Å². The van der Waals surface area contributed by atoms with Crippen LogP contribution in [0.15, 0.2) is 72.3 Å². The fourth-order valence-corrected chi connectivity index (χ4v) is 4.63. The summed E-state index contributed by atoms with van der Waals surface area (Å²) in [6.45, 7) is 7.07. The average molecular weight is 516 g/mol. The van der Waals surface area contributed by atoms with E-state index in [1.165, 1.54) is 4.90 Å². The number of amides is 1. The molecule has 2 heterocycles. The lowest BCUT2D eigenvalue weighted by Gasteiger charge is -2.26. The van der Waals surface area contributed by atoms with E-state index in [2.05, 4.69) is 0 Å². The number of ketones is 1.